The van der Waals surface area contributed by atoms with Crippen molar-refractivity contribution in [1.29, 1.82) is 0 Å². The van der Waals surface area contributed by atoms with Gasteiger partial charge in [-0.3, -0.25) is 4.79 Å². The van der Waals surface area contributed by atoms with E-state index < -0.39 is 0 Å². The Morgan fingerprint density at radius 3 is 2.81 bits per heavy atom. The summed E-state index contributed by atoms with van der Waals surface area (Å²) in [5.74, 6) is 0.0966. The molecule has 0 bridgehead atoms. The lowest BCUT2D eigenvalue weighted by Gasteiger charge is -2.14. The van der Waals surface area contributed by atoms with Crippen LogP contribution in [0.25, 0.3) is 10.9 Å². The van der Waals surface area contributed by atoms with Gasteiger partial charge >= 0.3 is 0 Å². The largest absolute Gasteiger partial charge is 0.352 e. The van der Waals surface area contributed by atoms with E-state index in [1.807, 2.05) is 22.9 Å². The fraction of sp³-hybridized carbons (Fsp3) is 0.500. The molecule has 1 unspecified atom stereocenters. The summed E-state index contributed by atoms with van der Waals surface area (Å²) in [6.07, 6.45) is 8.05. The van der Waals surface area contributed by atoms with Gasteiger partial charge in [-0.2, -0.15) is 0 Å². The minimum atomic E-state index is 0.0966. The minimum Gasteiger partial charge on any atom is -0.352 e. The van der Waals surface area contributed by atoms with Crippen LogP contribution in [0.5, 0.6) is 0 Å². The highest BCUT2D eigenvalue weighted by atomic mass is 16.2. The number of aromatic nitrogens is 1. The summed E-state index contributed by atoms with van der Waals surface area (Å²) in [6, 6.07) is 10.5. The molecule has 0 spiro atoms. The number of fused-ring (bicyclic) bond motifs is 1. The number of amides is 1. The van der Waals surface area contributed by atoms with Crippen LogP contribution in [-0.2, 0) is 11.3 Å². The maximum Gasteiger partial charge on any atom is 0.240 e. The Morgan fingerprint density at radius 1 is 1.19 bits per heavy atom. The third kappa shape index (κ3) is 4.62. The highest BCUT2D eigenvalue weighted by molar-refractivity contribution is 5.83. The summed E-state index contributed by atoms with van der Waals surface area (Å²) in [5.41, 5.74) is 1.11. The predicted octanol–water partition coefficient (Wildman–Crippen LogP) is 4.12. The Hall–Kier alpha value is -1.77. The summed E-state index contributed by atoms with van der Waals surface area (Å²) in [6.45, 7) is 4.71. The van der Waals surface area contributed by atoms with E-state index in [4.69, 9.17) is 0 Å². The maximum atomic E-state index is 12.1. The summed E-state index contributed by atoms with van der Waals surface area (Å²) >= 11 is 0. The van der Waals surface area contributed by atoms with Crippen molar-refractivity contribution in [2.24, 2.45) is 0 Å². The lowest BCUT2D eigenvalue weighted by Crippen LogP contribution is -2.34. The van der Waals surface area contributed by atoms with Crippen LogP contribution in [0.2, 0.25) is 0 Å². The standard InChI is InChI=1S/C18H26N2O/c1-3-4-5-6-9-15(2)19-18(21)14-20-13-12-16-10-7-8-11-17(16)20/h7-8,10-13,15H,3-6,9,14H2,1-2H3,(H,19,21). The zero-order chi connectivity index (χ0) is 15.1. The molecule has 1 heterocycles. The summed E-state index contributed by atoms with van der Waals surface area (Å²) < 4.78 is 2.01. The van der Waals surface area contributed by atoms with Gasteiger partial charge in [-0.05, 0) is 30.9 Å². The normalized spacial score (nSPS) is 12.5. The van der Waals surface area contributed by atoms with E-state index >= 15 is 0 Å². The molecule has 0 aliphatic carbocycles. The molecular weight excluding hydrogens is 260 g/mol. The lowest BCUT2D eigenvalue weighted by atomic mass is 10.1. The zero-order valence-electron chi connectivity index (χ0n) is 13.1. The van der Waals surface area contributed by atoms with Crippen LogP contribution in [0, 0.1) is 0 Å². The van der Waals surface area contributed by atoms with Gasteiger partial charge in [-0.15, -0.1) is 0 Å². The van der Waals surface area contributed by atoms with Gasteiger partial charge in [0.1, 0.15) is 6.54 Å². The number of hydrogen-bond acceptors (Lipinski definition) is 1. The molecule has 114 valence electrons. The van der Waals surface area contributed by atoms with Crippen LogP contribution >= 0.6 is 0 Å². The third-order valence-corrected chi connectivity index (χ3v) is 3.89. The first-order valence-corrected chi connectivity index (χ1v) is 8.04. The van der Waals surface area contributed by atoms with E-state index in [9.17, 15) is 4.79 Å². The van der Waals surface area contributed by atoms with E-state index in [-0.39, 0.29) is 11.9 Å². The van der Waals surface area contributed by atoms with Gasteiger partial charge in [0.25, 0.3) is 0 Å². The maximum absolute atomic E-state index is 12.1. The van der Waals surface area contributed by atoms with Gasteiger partial charge < -0.3 is 9.88 Å². The fourth-order valence-corrected chi connectivity index (χ4v) is 2.70. The van der Waals surface area contributed by atoms with Gasteiger partial charge in [-0.1, -0.05) is 50.8 Å². The molecule has 0 saturated carbocycles. The number of para-hydroxylation sites is 1. The molecule has 2 rings (SSSR count). The topological polar surface area (TPSA) is 34.0 Å². The molecular formula is C18H26N2O. The van der Waals surface area contributed by atoms with E-state index in [1.54, 1.807) is 0 Å². The second-order valence-electron chi connectivity index (χ2n) is 5.82. The highest BCUT2D eigenvalue weighted by Gasteiger charge is 2.09. The van der Waals surface area contributed by atoms with Crippen molar-refractivity contribution < 1.29 is 4.79 Å². The molecule has 0 fully saturated rings. The highest BCUT2D eigenvalue weighted by Crippen LogP contribution is 2.14. The molecule has 0 aliphatic rings. The van der Waals surface area contributed by atoms with Crippen molar-refractivity contribution >= 4 is 16.8 Å². The summed E-state index contributed by atoms with van der Waals surface area (Å²) in [7, 11) is 0. The van der Waals surface area contributed by atoms with Gasteiger partial charge in [0.05, 0.1) is 0 Å². The molecule has 1 N–H and O–H groups in total. The third-order valence-electron chi connectivity index (χ3n) is 3.89. The first-order chi connectivity index (χ1) is 10.2. The van der Waals surface area contributed by atoms with Crippen LogP contribution < -0.4 is 5.32 Å². The molecule has 0 aliphatic heterocycles. The van der Waals surface area contributed by atoms with E-state index in [0.29, 0.717) is 6.54 Å². The molecule has 1 atom stereocenters. The Morgan fingerprint density at radius 2 is 2.00 bits per heavy atom. The van der Waals surface area contributed by atoms with Crippen molar-refractivity contribution in [1.82, 2.24) is 9.88 Å². The van der Waals surface area contributed by atoms with E-state index in [0.717, 1.165) is 11.9 Å². The predicted molar refractivity (Wildman–Crippen MR) is 88.3 cm³/mol. The molecule has 1 amide bonds. The fourth-order valence-electron chi connectivity index (χ4n) is 2.70. The lowest BCUT2D eigenvalue weighted by molar-refractivity contribution is -0.122. The second kappa shape index (κ2) is 7.87. The number of nitrogens with zero attached hydrogens (tertiary/aromatic N) is 1. The molecule has 3 heteroatoms. The molecule has 2 aromatic rings. The van der Waals surface area contributed by atoms with E-state index in [2.05, 4.69) is 37.4 Å². The first kappa shape index (κ1) is 15.6. The van der Waals surface area contributed by atoms with Crippen molar-refractivity contribution in [2.45, 2.75) is 58.5 Å². The Bertz CT molecular complexity index is 573. The number of rotatable bonds is 8. The number of nitrogens with one attached hydrogen (secondary N) is 1. The van der Waals surface area contributed by atoms with Crippen molar-refractivity contribution in [2.75, 3.05) is 0 Å². The molecule has 0 radical (unpaired) electrons. The summed E-state index contributed by atoms with van der Waals surface area (Å²) in [5, 5.41) is 4.28. The van der Waals surface area contributed by atoms with Crippen LogP contribution in [0.1, 0.15) is 46.0 Å². The number of hydrogen-bond donors (Lipinski definition) is 1. The van der Waals surface area contributed by atoms with Crippen LogP contribution in [0.15, 0.2) is 36.5 Å². The van der Waals surface area contributed by atoms with Crippen molar-refractivity contribution in [3.63, 3.8) is 0 Å². The first-order valence-electron chi connectivity index (χ1n) is 8.04. The van der Waals surface area contributed by atoms with Gasteiger partial charge in [0.15, 0.2) is 0 Å². The molecule has 3 nitrogen and oxygen atoms in total. The van der Waals surface area contributed by atoms with Crippen molar-refractivity contribution in [3.05, 3.63) is 36.5 Å². The monoisotopic (exact) mass is 286 g/mol. The second-order valence-corrected chi connectivity index (χ2v) is 5.82. The minimum absolute atomic E-state index is 0.0966. The average Bonchev–Trinajstić information content (AvgIpc) is 2.87. The van der Waals surface area contributed by atoms with Crippen LogP contribution in [0.4, 0.5) is 0 Å². The smallest absolute Gasteiger partial charge is 0.240 e. The van der Waals surface area contributed by atoms with Gasteiger partial charge in [-0.25, -0.2) is 0 Å². The van der Waals surface area contributed by atoms with Gasteiger partial charge in [0, 0.05) is 17.8 Å². The number of carbonyl (C=O) groups excluding carboxylic acids is 1. The Kier molecular flexibility index (Phi) is 5.85. The van der Waals surface area contributed by atoms with Crippen molar-refractivity contribution in [3.8, 4) is 0 Å². The number of benzene rings is 1. The molecule has 1 aromatic heterocycles. The van der Waals surface area contributed by atoms with Crippen LogP contribution in [-0.4, -0.2) is 16.5 Å². The van der Waals surface area contributed by atoms with Gasteiger partial charge in [0.2, 0.25) is 5.91 Å². The number of carbonyl (C=O) groups is 1. The average molecular weight is 286 g/mol. The van der Waals surface area contributed by atoms with Crippen LogP contribution in [0.3, 0.4) is 0 Å². The quantitative estimate of drug-likeness (QED) is 0.728. The molecule has 1 aromatic carbocycles. The Balaban J connectivity index is 1.81. The molecule has 21 heavy (non-hydrogen) atoms. The summed E-state index contributed by atoms with van der Waals surface area (Å²) in [4.78, 5) is 12.1. The SMILES string of the molecule is CCCCCCC(C)NC(=O)Cn1ccc2ccccc21. The Labute approximate surface area is 127 Å². The zero-order valence-corrected chi connectivity index (χ0v) is 13.1. The molecule has 0 saturated heterocycles. The van der Waals surface area contributed by atoms with E-state index in [1.165, 1.54) is 31.1 Å². The number of unbranched alkanes of at least 4 members (excludes halogenated alkanes) is 3.